The molecular formula is C29H41NO. The van der Waals surface area contributed by atoms with Crippen LogP contribution < -0.4 is 9.64 Å². The lowest BCUT2D eigenvalue weighted by Gasteiger charge is -2.31. The zero-order chi connectivity index (χ0) is 21.6. The summed E-state index contributed by atoms with van der Waals surface area (Å²) in [5, 5.41) is 0. The van der Waals surface area contributed by atoms with Crippen LogP contribution in [-0.4, -0.2) is 6.73 Å². The summed E-state index contributed by atoms with van der Waals surface area (Å²) in [7, 11) is 0. The Bertz CT molecular complexity index is 768. The number of fused-ring (bicyclic) bond motifs is 1. The number of benzene rings is 2. The van der Waals surface area contributed by atoms with E-state index in [0.29, 0.717) is 6.73 Å². The minimum Gasteiger partial charge on any atom is -0.473 e. The number of anilines is 1. The van der Waals surface area contributed by atoms with Gasteiger partial charge in [0.25, 0.3) is 0 Å². The van der Waals surface area contributed by atoms with Crippen molar-refractivity contribution in [1.82, 2.24) is 0 Å². The van der Waals surface area contributed by atoms with Gasteiger partial charge in [-0.25, -0.2) is 0 Å². The standard InChI is InChI=1S/C29H41NO/c1-2-3-4-5-6-7-8-9-10-11-12-13-15-18-26-21-22-27-24-30(25-31-29(27)23-26)28-19-16-14-17-20-28/h7-8,14,16-17,19-23H,2-6,9-13,15,18,24-25H2,1H3/b8-7+. The van der Waals surface area contributed by atoms with E-state index in [-0.39, 0.29) is 0 Å². The van der Waals surface area contributed by atoms with Gasteiger partial charge < -0.3 is 9.64 Å². The Balaban J connectivity index is 1.26. The molecule has 0 amide bonds. The van der Waals surface area contributed by atoms with Crippen LogP contribution in [0.2, 0.25) is 0 Å². The number of allylic oxidation sites excluding steroid dienone is 2. The third kappa shape index (κ3) is 8.44. The summed E-state index contributed by atoms with van der Waals surface area (Å²) in [5.74, 6) is 1.08. The van der Waals surface area contributed by atoms with Gasteiger partial charge >= 0.3 is 0 Å². The number of ether oxygens (including phenoxy) is 1. The number of nitrogens with zero attached hydrogens (tertiary/aromatic N) is 1. The smallest absolute Gasteiger partial charge is 0.161 e. The summed E-state index contributed by atoms with van der Waals surface area (Å²) in [6.45, 7) is 3.83. The molecule has 0 aliphatic carbocycles. The van der Waals surface area contributed by atoms with Gasteiger partial charge in [-0.05, 0) is 62.3 Å². The van der Waals surface area contributed by atoms with E-state index in [1.165, 1.54) is 87.4 Å². The maximum atomic E-state index is 6.07. The van der Waals surface area contributed by atoms with Gasteiger partial charge in [-0.1, -0.05) is 87.9 Å². The third-order valence-electron chi connectivity index (χ3n) is 6.22. The molecule has 31 heavy (non-hydrogen) atoms. The van der Waals surface area contributed by atoms with Crippen LogP contribution in [-0.2, 0) is 13.0 Å². The van der Waals surface area contributed by atoms with E-state index in [4.69, 9.17) is 4.74 Å². The van der Waals surface area contributed by atoms with Gasteiger partial charge in [-0.2, -0.15) is 0 Å². The molecule has 1 aliphatic rings. The summed E-state index contributed by atoms with van der Waals surface area (Å²) >= 11 is 0. The SMILES string of the molecule is CCCCCC/C=C/CCCCCCCc1ccc2c(c1)OCN(c1ccccc1)C2. The van der Waals surface area contributed by atoms with Crippen LogP contribution in [0.15, 0.2) is 60.7 Å². The quantitative estimate of drug-likeness (QED) is 0.225. The topological polar surface area (TPSA) is 12.5 Å². The second kappa shape index (κ2) is 14.0. The predicted octanol–water partition coefficient (Wildman–Crippen LogP) is 8.45. The summed E-state index contributed by atoms with van der Waals surface area (Å²) < 4.78 is 6.07. The lowest BCUT2D eigenvalue weighted by Crippen LogP contribution is -2.31. The van der Waals surface area contributed by atoms with Gasteiger partial charge in [-0.3, -0.25) is 0 Å². The Morgan fingerprint density at radius 1 is 0.806 bits per heavy atom. The minimum absolute atomic E-state index is 0.633. The van der Waals surface area contributed by atoms with Crippen molar-refractivity contribution in [2.24, 2.45) is 0 Å². The zero-order valence-corrected chi connectivity index (χ0v) is 19.5. The van der Waals surface area contributed by atoms with Gasteiger partial charge in [-0.15, -0.1) is 0 Å². The fraction of sp³-hybridized carbons (Fsp3) is 0.517. The van der Waals surface area contributed by atoms with Gasteiger partial charge in [0.05, 0.1) is 0 Å². The number of hydrogen-bond acceptors (Lipinski definition) is 2. The molecule has 1 heterocycles. The monoisotopic (exact) mass is 419 g/mol. The van der Waals surface area contributed by atoms with Gasteiger partial charge in [0.1, 0.15) is 5.75 Å². The third-order valence-corrected chi connectivity index (χ3v) is 6.22. The van der Waals surface area contributed by atoms with Crippen LogP contribution in [0.1, 0.15) is 88.7 Å². The van der Waals surface area contributed by atoms with Crippen LogP contribution in [0.5, 0.6) is 5.75 Å². The molecule has 3 rings (SSSR count). The molecule has 1 aliphatic heterocycles. The van der Waals surface area contributed by atoms with E-state index in [0.717, 1.165) is 18.7 Å². The second-order valence-electron chi connectivity index (χ2n) is 8.88. The fourth-order valence-electron chi connectivity index (χ4n) is 4.27. The van der Waals surface area contributed by atoms with Crippen molar-refractivity contribution < 1.29 is 4.74 Å². The van der Waals surface area contributed by atoms with E-state index < -0.39 is 0 Å². The molecule has 0 saturated carbocycles. The maximum Gasteiger partial charge on any atom is 0.161 e. The Kier molecular flexibility index (Phi) is 10.6. The molecule has 2 nitrogen and oxygen atoms in total. The van der Waals surface area contributed by atoms with Crippen LogP contribution >= 0.6 is 0 Å². The first-order valence-electron chi connectivity index (χ1n) is 12.6. The van der Waals surface area contributed by atoms with E-state index in [2.05, 4.69) is 72.5 Å². The summed E-state index contributed by atoms with van der Waals surface area (Å²) in [6, 6.07) is 17.3. The van der Waals surface area contributed by atoms with Crippen molar-refractivity contribution in [3.63, 3.8) is 0 Å². The van der Waals surface area contributed by atoms with Crippen molar-refractivity contribution in [2.45, 2.75) is 90.5 Å². The number of hydrogen-bond donors (Lipinski definition) is 0. The van der Waals surface area contributed by atoms with Gasteiger partial charge in [0.15, 0.2) is 6.73 Å². The molecule has 0 N–H and O–H groups in total. The average molecular weight is 420 g/mol. The summed E-state index contributed by atoms with van der Waals surface area (Å²) in [6.07, 6.45) is 20.6. The normalized spacial score (nSPS) is 13.4. The first-order valence-corrected chi connectivity index (χ1v) is 12.6. The highest BCUT2D eigenvalue weighted by Gasteiger charge is 2.17. The molecule has 0 spiro atoms. The van der Waals surface area contributed by atoms with Gasteiger partial charge in [0.2, 0.25) is 0 Å². The molecule has 2 aromatic rings. The van der Waals surface area contributed by atoms with E-state index in [9.17, 15) is 0 Å². The van der Waals surface area contributed by atoms with Crippen molar-refractivity contribution in [3.8, 4) is 5.75 Å². The van der Waals surface area contributed by atoms with Gasteiger partial charge in [0, 0.05) is 17.8 Å². The molecule has 0 fully saturated rings. The highest BCUT2D eigenvalue weighted by atomic mass is 16.5. The van der Waals surface area contributed by atoms with Crippen LogP contribution in [0, 0.1) is 0 Å². The van der Waals surface area contributed by atoms with E-state index in [1.807, 2.05) is 0 Å². The zero-order valence-electron chi connectivity index (χ0n) is 19.5. The molecule has 0 radical (unpaired) electrons. The number of unbranched alkanes of at least 4 members (excludes halogenated alkanes) is 9. The Labute approximate surface area is 190 Å². The molecule has 168 valence electrons. The lowest BCUT2D eigenvalue weighted by atomic mass is 10.0. The molecule has 0 aromatic heterocycles. The van der Waals surface area contributed by atoms with E-state index in [1.54, 1.807) is 0 Å². The number of aryl methyl sites for hydroxylation is 1. The molecule has 0 saturated heterocycles. The number of para-hydroxylation sites is 1. The molecule has 0 bridgehead atoms. The van der Waals surface area contributed by atoms with E-state index >= 15 is 0 Å². The van der Waals surface area contributed by atoms with Crippen molar-refractivity contribution in [2.75, 3.05) is 11.6 Å². The van der Waals surface area contributed by atoms with Crippen LogP contribution in [0.4, 0.5) is 5.69 Å². The second-order valence-corrected chi connectivity index (χ2v) is 8.88. The van der Waals surface area contributed by atoms with Crippen molar-refractivity contribution >= 4 is 5.69 Å². The Hall–Kier alpha value is -2.22. The highest BCUT2D eigenvalue weighted by molar-refractivity contribution is 5.50. The largest absolute Gasteiger partial charge is 0.473 e. The molecule has 2 heteroatoms. The van der Waals surface area contributed by atoms with Crippen LogP contribution in [0.25, 0.3) is 0 Å². The Morgan fingerprint density at radius 2 is 1.52 bits per heavy atom. The fourth-order valence-corrected chi connectivity index (χ4v) is 4.27. The average Bonchev–Trinajstić information content (AvgIpc) is 2.82. The van der Waals surface area contributed by atoms with Crippen LogP contribution in [0.3, 0.4) is 0 Å². The van der Waals surface area contributed by atoms with Crippen molar-refractivity contribution in [1.29, 1.82) is 0 Å². The highest BCUT2D eigenvalue weighted by Crippen LogP contribution is 2.29. The molecule has 0 atom stereocenters. The first kappa shape index (κ1) is 23.4. The number of rotatable bonds is 14. The molecule has 2 aromatic carbocycles. The molecule has 0 unspecified atom stereocenters. The predicted molar refractivity (Wildman–Crippen MR) is 134 cm³/mol. The molecular weight excluding hydrogens is 378 g/mol. The summed E-state index contributed by atoms with van der Waals surface area (Å²) in [5.41, 5.74) is 3.93. The lowest BCUT2D eigenvalue weighted by molar-refractivity contribution is 0.289. The minimum atomic E-state index is 0.633. The first-order chi connectivity index (χ1) is 15.4. The Morgan fingerprint density at radius 3 is 2.29 bits per heavy atom. The maximum absolute atomic E-state index is 6.07. The van der Waals surface area contributed by atoms with Crippen molar-refractivity contribution in [3.05, 3.63) is 71.8 Å². The summed E-state index contributed by atoms with van der Waals surface area (Å²) in [4.78, 5) is 2.28.